The van der Waals surface area contributed by atoms with Crippen molar-refractivity contribution < 1.29 is 9.32 Å². The molecule has 23 heavy (non-hydrogen) atoms. The van der Waals surface area contributed by atoms with E-state index in [9.17, 15) is 4.79 Å². The van der Waals surface area contributed by atoms with Crippen LogP contribution in [0.5, 0.6) is 0 Å². The zero-order valence-corrected chi connectivity index (χ0v) is 13.6. The molecule has 0 radical (unpaired) electrons. The Labute approximate surface area is 137 Å². The first-order chi connectivity index (χ1) is 11.2. The number of carbonyl (C=O) groups is 1. The van der Waals surface area contributed by atoms with Crippen LogP contribution < -0.4 is 10.6 Å². The lowest BCUT2D eigenvalue weighted by Crippen LogP contribution is -2.20. The molecule has 3 rings (SSSR count). The molecule has 0 bridgehead atoms. The number of carbonyl (C=O) groups excluding carboxylic acids is 1. The van der Waals surface area contributed by atoms with Crippen molar-refractivity contribution in [2.24, 2.45) is 0 Å². The lowest BCUT2D eigenvalue weighted by molar-refractivity contribution is 0.0964. The average molecular weight is 328 g/mol. The molecule has 0 saturated heterocycles. The van der Waals surface area contributed by atoms with Crippen molar-refractivity contribution in [3.05, 3.63) is 52.7 Å². The molecule has 0 aliphatic heterocycles. The number of aryl methyl sites for hydroxylation is 1. The summed E-state index contributed by atoms with van der Waals surface area (Å²) in [6.07, 6.45) is 0. The summed E-state index contributed by atoms with van der Waals surface area (Å²) in [4.78, 5) is 17.2. The molecule has 0 aliphatic carbocycles. The normalized spacial score (nSPS) is 10.5. The minimum atomic E-state index is -0.136. The third kappa shape index (κ3) is 3.40. The van der Waals surface area contributed by atoms with E-state index in [1.165, 1.54) is 0 Å². The van der Waals surface area contributed by atoms with Gasteiger partial charge in [-0.05, 0) is 30.5 Å². The SMILES string of the molecule is CNC(=O)c1cc(C)ccc1NCc1noc(-c2cccs2)n1. The molecule has 6 nitrogen and oxygen atoms in total. The average Bonchev–Trinajstić information content (AvgIpc) is 3.23. The minimum Gasteiger partial charge on any atom is -0.377 e. The second kappa shape index (κ2) is 6.62. The van der Waals surface area contributed by atoms with Gasteiger partial charge in [0.25, 0.3) is 11.8 Å². The quantitative estimate of drug-likeness (QED) is 0.752. The number of nitrogens with one attached hydrogen (secondary N) is 2. The highest BCUT2D eigenvalue weighted by Crippen LogP contribution is 2.23. The predicted octanol–water partition coefficient (Wildman–Crippen LogP) is 3.08. The van der Waals surface area contributed by atoms with Crippen molar-refractivity contribution in [3.8, 4) is 10.8 Å². The number of anilines is 1. The molecule has 0 unspecified atom stereocenters. The largest absolute Gasteiger partial charge is 0.377 e. The van der Waals surface area contributed by atoms with E-state index in [1.54, 1.807) is 18.4 Å². The van der Waals surface area contributed by atoms with Gasteiger partial charge >= 0.3 is 0 Å². The highest BCUT2D eigenvalue weighted by atomic mass is 32.1. The Balaban J connectivity index is 1.75. The molecule has 3 aromatic rings. The maximum atomic E-state index is 12.0. The molecule has 118 valence electrons. The molecular weight excluding hydrogens is 312 g/mol. The molecule has 1 amide bonds. The summed E-state index contributed by atoms with van der Waals surface area (Å²) in [6, 6.07) is 9.53. The Kier molecular flexibility index (Phi) is 4.38. The van der Waals surface area contributed by atoms with Crippen LogP contribution in [0.2, 0.25) is 0 Å². The lowest BCUT2D eigenvalue weighted by atomic mass is 10.1. The summed E-state index contributed by atoms with van der Waals surface area (Å²) in [6.45, 7) is 2.32. The number of nitrogens with zero attached hydrogens (tertiary/aromatic N) is 2. The lowest BCUT2D eigenvalue weighted by Gasteiger charge is -2.10. The van der Waals surface area contributed by atoms with Crippen molar-refractivity contribution in [2.75, 3.05) is 12.4 Å². The molecule has 0 saturated carbocycles. The maximum Gasteiger partial charge on any atom is 0.268 e. The van der Waals surface area contributed by atoms with Crippen LogP contribution in [0.15, 0.2) is 40.2 Å². The Morgan fingerprint density at radius 2 is 2.22 bits per heavy atom. The molecule has 2 aromatic heterocycles. The van der Waals surface area contributed by atoms with Gasteiger partial charge in [-0.25, -0.2) is 0 Å². The van der Waals surface area contributed by atoms with E-state index < -0.39 is 0 Å². The number of thiophene rings is 1. The second-order valence-corrected chi connectivity index (χ2v) is 5.92. The first kappa shape index (κ1) is 15.2. The van der Waals surface area contributed by atoms with Gasteiger partial charge in [0.2, 0.25) is 0 Å². The van der Waals surface area contributed by atoms with Crippen molar-refractivity contribution >= 4 is 22.9 Å². The molecule has 0 aliphatic rings. The standard InChI is InChI=1S/C16H16N4O2S/c1-10-5-6-12(11(8-10)15(21)17-2)18-9-14-19-16(22-20-14)13-4-3-7-23-13/h3-8,18H,9H2,1-2H3,(H,17,21). The Morgan fingerprint density at radius 3 is 2.96 bits per heavy atom. The zero-order chi connectivity index (χ0) is 16.2. The molecule has 0 spiro atoms. The van der Waals surface area contributed by atoms with Crippen LogP contribution in [0.3, 0.4) is 0 Å². The fourth-order valence-corrected chi connectivity index (χ4v) is 2.78. The monoisotopic (exact) mass is 328 g/mol. The molecular formula is C16H16N4O2S. The van der Waals surface area contributed by atoms with Gasteiger partial charge in [0.1, 0.15) is 0 Å². The molecule has 7 heteroatoms. The smallest absolute Gasteiger partial charge is 0.268 e. The highest BCUT2D eigenvalue weighted by molar-refractivity contribution is 7.13. The van der Waals surface area contributed by atoms with Crippen molar-refractivity contribution in [3.63, 3.8) is 0 Å². The summed E-state index contributed by atoms with van der Waals surface area (Å²) in [5.41, 5.74) is 2.35. The summed E-state index contributed by atoms with van der Waals surface area (Å²) in [5, 5.41) is 11.7. The molecule has 2 N–H and O–H groups in total. The van der Waals surface area contributed by atoms with Gasteiger partial charge in [-0.15, -0.1) is 11.3 Å². The topological polar surface area (TPSA) is 80.0 Å². The van der Waals surface area contributed by atoms with Crippen molar-refractivity contribution in [2.45, 2.75) is 13.5 Å². The van der Waals surface area contributed by atoms with Gasteiger partial charge in [0.15, 0.2) is 5.82 Å². The van der Waals surface area contributed by atoms with Gasteiger partial charge in [0, 0.05) is 12.7 Å². The fourth-order valence-electron chi connectivity index (χ4n) is 2.14. The second-order valence-electron chi connectivity index (χ2n) is 4.97. The van der Waals surface area contributed by atoms with Gasteiger partial charge < -0.3 is 15.2 Å². The summed E-state index contributed by atoms with van der Waals surface area (Å²) >= 11 is 1.55. The van der Waals surface area contributed by atoms with Crippen molar-refractivity contribution in [1.29, 1.82) is 0 Å². The third-order valence-corrected chi connectivity index (χ3v) is 4.14. The van der Waals surface area contributed by atoms with Crippen LogP contribution in [0, 0.1) is 6.92 Å². The first-order valence-electron chi connectivity index (χ1n) is 7.10. The van der Waals surface area contributed by atoms with Gasteiger partial charge in [-0.3, -0.25) is 4.79 Å². The van der Waals surface area contributed by atoms with Crippen LogP contribution in [-0.4, -0.2) is 23.1 Å². The van der Waals surface area contributed by atoms with Gasteiger partial charge in [0.05, 0.1) is 17.0 Å². The van der Waals surface area contributed by atoms with E-state index >= 15 is 0 Å². The van der Waals surface area contributed by atoms with Crippen LogP contribution in [0.4, 0.5) is 5.69 Å². The Bertz CT molecular complexity index is 811. The van der Waals surface area contributed by atoms with E-state index in [1.807, 2.05) is 42.6 Å². The van der Waals surface area contributed by atoms with Crippen molar-refractivity contribution in [1.82, 2.24) is 15.5 Å². The van der Waals surface area contributed by atoms with E-state index in [0.717, 1.165) is 16.1 Å². The van der Waals surface area contributed by atoms with Gasteiger partial charge in [-0.1, -0.05) is 22.9 Å². The summed E-state index contributed by atoms with van der Waals surface area (Å²) in [7, 11) is 1.61. The molecule has 2 heterocycles. The number of hydrogen-bond acceptors (Lipinski definition) is 6. The first-order valence-corrected chi connectivity index (χ1v) is 7.98. The third-order valence-electron chi connectivity index (χ3n) is 3.28. The van der Waals surface area contributed by atoms with Crippen LogP contribution in [0.1, 0.15) is 21.7 Å². The van der Waals surface area contributed by atoms with Gasteiger partial charge in [-0.2, -0.15) is 4.98 Å². The summed E-state index contributed by atoms with van der Waals surface area (Å²) in [5.74, 6) is 0.910. The predicted molar refractivity (Wildman–Crippen MR) is 89.5 cm³/mol. The molecule has 1 aromatic carbocycles. The van der Waals surface area contributed by atoms with Crippen LogP contribution in [0.25, 0.3) is 10.8 Å². The Morgan fingerprint density at radius 1 is 1.35 bits per heavy atom. The van der Waals surface area contributed by atoms with Crippen LogP contribution >= 0.6 is 11.3 Å². The van der Waals surface area contributed by atoms with Crippen LogP contribution in [-0.2, 0) is 6.54 Å². The minimum absolute atomic E-state index is 0.136. The van der Waals surface area contributed by atoms with E-state index in [-0.39, 0.29) is 5.91 Å². The zero-order valence-electron chi connectivity index (χ0n) is 12.8. The number of rotatable bonds is 5. The van der Waals surface area contributed by atoms with E-state index in [4.69, 9.17) is 4.52 Å². The molecule has 0 fully saturated rings. The fraction of sp³-hybridized carbons (Fsp3) is 0.188. The highest BCUT2D eigenvalue weighted by Gasteiger charge is 2.12. The number of aromatic nitrogens is 2. The molecule has 0 atom stereocenters. The van der Waals surface area contributed by atoms with E-state index in [2.05, 4.69) is 20.8 Å². The Hall–Kier alpha value is -2.67. The number of amides is 1. The number of benzene rings is 1. The maximum absolute atomic E-state index is 12.0. The van der Waals surface area contributed by atoms with E-state index in [0.29, 0.717) is 23.8 Å². The number of hydrogen-bond donors (Lipinski definition) is 2. The summed E-state index contributed by atoms with van der Waals surface area (Å²) < 4.78 is 5.25.